The van der Waals surface area contributed by atoms with Gasteiger partial charge in [0.25, 0.3) is 0 Å². The molecule has 0 aliphatic carbocycles. The van der Waals surface area contributed by atoms with Gasteiger partial charge in [-0.2, -0.15) is 0 Å². The van der Waals surface area contributed by atoms with E-state index in [1.807, 2.05) is 13.1 Å². The van der Waals surface area contributed by atoms with Gasteiger partial charge in [0.2, 0.25) is 0 Å². The van der Waals surface area contributed by atoms with Crippen molar-refractivity contribution in [3.8, 4) is 11.4 Å². The van der Waals surface area contributed by atoms with E-state index in [0.29, 0.717) is 0 Å². The zero-order chi connectivity index (χ0) is 9.97. The Labute approximate surface area is 86.8 Å². The minimum Gasteiger partial charge on any atom is -0.373 e. The van der Waals surface area contributed by atoms with Gasteiger partial charge in [0.1, 0.15) is 5.82 Å². The van der Waals surface area contributed by atoms with Crippen molar-refractivity contribution < 1.29 is 0 Å². The normalized spacial score (nSPS) is 10.1. The van der Waals surface area contributed by atoms with E-state index in [4.69, 9.17) is 0 Å². The lowest BCUT2D eigenvalue weighted by Crippen LogP contribution is -1.95. The summed E-state index contributed by atoms with van der Waals surface area (Å²) < 4.78 is 0. The van der Waals surface area contributed by atoms with Crippen LogP contribution in [-0.2, 0) is 0 Å². The average Bonchev–Trinajstić information content (AvgIpc) is 2.65. The fourth-order valence-electron chi connectivity index (χ4n) is 1.24. The number of hydrogen-bond donors (Lipinski definition) is 1. The summed E-state index contributed by atoms with van der Waals surface area (Å²) in [6.07, 6.45) is 1.77. The highest BCUT2D eigenvalue weighted by molar-refractivity contribution is 7.10. The van der Waals surface area contributed by atoms with E-state index in [1.54, 1.807) is 17.5 Å². The molecule has 0 saturated heterocycles. The van der Waals surface area contributed by atoms with Gasteiger partial charge in [-0.3, -0.25) is 0 Å². The number of hydrogen-bond acceptors (Lipinski definition) is 4. The van der Waals surface area contributed by atoms with Crippen LogP contribution in [0.25, 0.3) is 11.4 Å². The van der Waals surface area contributed by atoms with Crippen LogP contribution in [0.15, 0.2) is 23.7 Å². The predicted molar refractivity (Wildman–Crippen MR) is 59.6 cm³/mol. The first-order chi connectivity index (χ1) is 6.81. The van der Waals surface area contributed by atoms with Crippen molar-refractivity contribution in [1.82, 2.24) is 9.97 Å². The predicted octanol–water partition coefficient (Wildman–Crippen LogP) is 2.56. The molecule has 72 valence electrons. The quantitative estimate of drug-likeness (QED) is 0.818. The van der Waals surface area contributed by atoms with Crippen LogP contribution in [-0.4, -0.2) is 17.0 Å². The molecular formula is C10H11N3S. The van der Waals surface area contributed by atoms with Crippen molar-refractivity contribution in [2.75, 3.05) is 12.4 Å². The maximum atomic E-state index is 4.38. The average molecular weight is 205 g/mol. The Morgan fingerprint density at radius 1 is 1.36 bits per heavy atom. The summed E-state index contributed by atoms with van der Waals surface area (Å²) in [6, 6.07) is 3.90. The number of aromatic nitrogens is 2. The highest BCUT2D eigenvalue weighted by atomic mass is 32.1. The molecule has 0 aromatic carbocycles. The van der Waals surface area contributed by atoms with Gasteiger partial charge in [-0.05, 0) is 24.4 Å². The van der Waals surface area contributed by atoms with Crippen molar-refractivity contribution in [1.29, 1.82) is 0 Å². The summed E-state index contributed by atoms with van der Waals surface area (Å²) in [6.45, 7) is 2.08. The monoisotopic (exact) mass is 205 g/mol. The molecule has 0 unspecified atom stereocenters. The van der Waals surface area contributed by atoms with Gasteiger partial charge in [-0.25, -0.2) is 9.97 Å². The second-order valence-corrected chi connectivity index (χ2v) is 4.03. The lowest BCUT2D eigenvalue weighted by atomic mass is 10.2. The third kappa shape index (κ3) is 1.61. The maximum Gasteiger partial charge on any atom is 0.162 e. The van der Waals surface area contributed by atoms with E-state index in [1.165, 1.54) is 4.88 Å². The Kier molecular flexibility index (Phi) is 2.45. The van der Waals surface area contributed by atoms with Crippen LogP contribution in [0.3, 0.4) is 0 Å². The Morgan fingerprint density at radius 2 is 2.21 bits per heavy atom. The van der Waals surface area contributed by atoms with Crippen LogP contribution >= 0.6 is 11.3 Å². The first-order valence-electron chi connectivity index (χ1n) is 4.36. The largest absolute Gasteiger partial charge is 0.373 e. The van der Waals surface area contributed by atoms with Crippen molar-refractivity contribution in [3.63, 3.8) is 0 Å². The number of nitrogens with zero attached hydrogens (tertiary/aromatic N) is 2. The molecule has 0 fully saturated rings. The summed E-state index contributed by atoms with van der Waals surface area (Å²) in [5.41, 5.74) is 1.12. The topological polar surface area (TPSA) is 37.8 Å². The van der Waals surface area contributed by atoms with Crippen LogP contribution in [0, 0.1) is 6.92 Å². The summed E-state index contributed by atoms with van der Waals surface area (Å²) in [5, 5.41) is 5.06. The molecular weight excluding hydrogens is 194 g/mol. The van der Waals surface area contributed by atoms with Crippen LogP contribution in [0.1, 0.15) is 4.88 Å². The van der Waals surface area contributed by atoms with Crippen molar-refractivity contribution in [3.05, 3.63) is 28.6 Å². The standard InChI is InChI=1S/C10H11N3S/c1-7-8(4-6-14-7)10-12-5-3-9(11-2)13-10/h3-6H,1-2H3,(H,11,12,13). The van der Waals surface area contributed by atoms with Crippen LogP contribution < -0.4 is 5.32 Å². The van der Waals surface area contributed by atoms with Gasteiger partial charge in [-0.15, -0.1) is 11.3 Å². The molecule has 0 atom stereocenters. The molecule has 2 heterocycles. The highest BCUT2D eigenvalue weighted by Gasteiger charge is 2.05. The smallest absolute Gasteiger partial charge is 0.162 e. The van der Waals surface area contributed by atoms with Crippen LogP contribution in [0.5, 0.6) is 0 Å². The molecule has 3 nitrogen and oxygen atoms in total. The number of rotatable bonds is 2. The van der Waals surface area contributed by atoms with E-state index in [2.05, 4.69) is 33.7 Å². The number of nitrogens with one attached hydrogen (secondary N) is 1. The zero-order valence-corrected chi connectivity index (χ0v) is 8.93. The maximum absolute atomic E-state index is 4.38. The molecule has 1 N–H and O–H groups in total. The third-order valence-electron chi connectivity index (χ3n) is 2.01. The summed E-state index contributed by atoms with van der Waals surface area (Å²) in [4.78, 5) is 9.87. The van der Waals surface area contributed by atoms with Crippen molar-refractivity contribution >= 4 is 17.2 Å². The SMILES string of the molecule is CNc1ccnc(-c2ccsc2C)n1. The Morgan fingerprint density at radius 3 is 2.86 bits per heavy atom. The summed E-state index contributed by atoms with van der Waals surface area (Å²) in [7, 11) is 1.85. The molecule has 2 rings (SSSR count). The van der Waals surface area contributed by atoms with E-state index in [9.17, 15) is 0 Å². The number of thiophene rings is 1. The first kappa shape index (κ1) is 9.15. The van der Waals surface area contributed by atoms with Crippen LogP contribution in [0.2, 0.25) is 0 Å². The minimum absolute atomic E-state index is 0.788. The Hall–Kier alpha value is -1.42. The molecule has 14 heavy (non-hydrogen) atoms. The molecule has 0 amide bonds. The van der Waals surface area contributed by atoms with Gasteiger partial charge < -0.3 is 5.32 Å². The van der Waals surface area contributed by atoms with E-state index in [-0.39, 0.29) is 0 Å². The zero-order valence-electron chi connectivity index (χ0n) is 8.11. The highest BCUT2D eigenvalue weighted by Crippen LogP contribution is 2.24. The molecule has 2 aromatic rings. The van der Waals surface area contributed by atoms with E-state index in [0.717, 1.165) is 17.2 Å². The third-order valence-corrected chi connectivity index (χ3v) is 2.86. The van der Waals surface area contributed by atoms with Gasteiger partial charge in [0.05, 0.1) is 0 Å². The molecule has 0 aliphatic heterocycles. The fourth-order valence-corrected chi connectivity index (χ4v) is 1.94. The van der Waals surface area contributed by atoms with Gasteiger partial charge >= 0.3 is 0 Å². The molecule has 0 aliphatic rings. The summed E-state index contributed by atoms with van der Waals surface area (Å²) in [5.74, 6) is 1.64. The Bertz CT molecular complexity index is 436. The molecule has 0 saturated carbocycles. The molecule has 0 radical (unpaired) electrons. The molecule has 2 aromatic heterocycles. The van der Waals surface area contributed by atoms with Gasteiger partial charge in [0, 0.05) is 23.7 Å². The van der Waals surface area contributed by atoms with E-state index < -0.39 is 0 Å². The van der Waals surface area contributed by atoms with E-state index >= 15 is 0 Å². The Balaban J connectivity index is 2.47. The second-order valence-electron chi connectivity index (χ2n) is 2.91. The molecule has 4 heteroatoms. The first-order valence-corrected chi connectivity index (χ1v) is 5.24. The van der Waals surface area contributed by atoms with Crippen molar-refractivity contribution in [2.45, 2.75) is 6.92 Å². The number of aryl methyl sites for hydroxylation is 1. The van der Waals surface area contributed by atoms with Crippen LogP contribution in [0.4, 0.5) is 5.82 Å². The number of anilines is 1. The molecule has 0 spiro atoms. The summed E-state index contributed by atoms with van der Waals surface area (Å²) >= 11 is 1.71. The molecule has 0 bridgehead atoms. The fraction of sp³-hybridized carbons (Fsp3) is 0.200. The second kappa shape index (κ2) is 3.75. The van der Waals surface area contributed by atoms with Gasteiger partial charge in [0.15, 0.2) is 5.82 Å². The van der Waals surface area contributed by atoms with Gasteiger partial charge in [-0.1, -0.05) is 0 Å². The lowest BCUT2D eigenvalue weighted by Gasteiger charge is -2.01. The van der Waals surface area contributed by atoms with Crippen molar-refractivity contribution in [2.24, 2.45) is 0 Å². The lowest BCUT2D eigenvalue weighted by molar-refractivity contribution is 1.17. The minimum atomic E-state index is 0.788.